The quantitative estimate of drug-likeness (QED) is 0.232. The van der Waals surface area contributed by atoms with Crippen LogP contribution in [-0.4, -0.2) is 64.0 Å². The molecular weight excluding hydrogens is 566 g/mol. The van der Waals surface area contributed by atoms with E-state index in [0.29, 0.717) is 41.5 Å². The standard InChI is InChI=1S/C35H41N7O3/c1-5-23-9-7-8-22(3)31(23)39-34(44)27-16-19-42-29(27)13-11-25-21-36-35(40-32(25)42)38-28-12-10-24(20-30(28)45-6-2)33(43)37-26-14-17-41(4)18-15-26/h7-10,12,16,19-21,26H,5-6,11,13-15,17-18H2,1-4H3,(H,37,43)(H,39,44)(H,36,38,40). The number of benzene rings is 2. The monoisotopic (exact) mass is 607 g/mol. The number of para-hydroxylation sites is 1. The van der Waals surface area contributed by atoms with Gasteiger partial charge in [0.25, 0.3) is 11.8 Å². The molecule has 0 saturated carbocycles. The molecule has 0 aliphatic carbocycles. The van der Waals surface area contributed by atoms with Gasteiger partial charge in [0.15, 0.2) is 0 Å². The van der Waals surface area contributed by atoms with Gasteiger partial charge < -0.3 is 30.2 Å². The summed E-state index contributed by atoms with van der Waals surface area (Å²) in [5.74, 6) is 1.47. The zero-order chi connectivity index (χ0) is 31.5. The molecule has 45 heavy (non-hydrogen) atoms. The van der Waals surface area contributed by atoms with Crippen molar-refractivity contribution in [2.75, 3.05) is 37.4 Å². The van der Waals surface area contributed by atoms with Crippen molar-refractivity contribution in [2.45, 2.75) is 58.9 Å². The van der Waals surface area contributed by atoms with Gasteiger partial charge in [-0.1, -0.05) is 25.1 Å². The van der Waals surface area contributed by atoms with Crippen LogP contribution < -0.4 is 20.7 Å². The highest BCUT2D eigenvalue weighted by Crippen LogP contribution is 2.32. The van der Waals surface area contributed by atoms with Gasteiger partial charge in [0, 0.05) is 40.9 Å². The second-order valence-corrected chi connectivity index (χ2v) is 11.8. The molecule has 1 saturated heterocycles. The first kappa shape index (κ1) is 30.3. The second kappa shape index (κ2) is 13.1. The van der Waals surface area contributed by atoms with Gasteiger partial charge in [0.05, 0.1) is 17.9 Å². The van der Waals surface area contributed by atoms with Crippen molar-refractivity contribution in [1.29, 1.82) is 0 Å². The number of carbonyl (C=O) groups is 2. The third-order valence-corrected chi connectivity index (χ3v) is 8.76. The van der Waals surface area contributed by atoms with Crippen molar-refractivity contribution in [3.63, 3.8) is 0 Å². The number of aryl methyl sites for hydroxylation is 3. The van der Waals surface area contributed by atoms with Crippen LogP contribution in [0.1, 0.15) is 69.8 Å². The summed E-state index contributed by atoms with van der Waals surface area (Å²) in [6, 6.07) is 13.5. The van der Waals surface area contributed by atoms with E-state index >= 15 is 0 Å². The number of aromatic nitrogens is 3. The molecule has 3 N–H and O–H groups in total. The highest BCUT2D eigenvalue weighted by Gasteiger charge is 2.25. The molecule has 1 fully saturated rings. The number of hydrogen-bond donors (Lipinski definition) is 3. The Morgan fingerprint density at radius 1 is 1.04 bits per heavy atom. The Labute approximate surface area is 264 Å². The lowest BCUT2D eigenvalue weighted by Crippen LogP contribution is -2.43. The first-order valence-electron chi connectivity index (χ1n) is 15.8. The van der Waals surface area contributed by atoms with Gasteiger partial charge in [0.1, 0.15) is 11.6 Å². The highest BCUT2D eigenvalue weighted by atomic mass is 16.5. The fraction of sp³-hybridized carbons (Fsp3) is 0.371. The molecule has 2 amide bonds. The minimum Gasteiger partial charge on any atom is -0.492 e. The Kier molecular flexibility index (Phi) is 8.84. The zero-order valence-corrected chi connectivity index (χ0v) is 26.4. The smallest absolute Gasteiger partial charge is 0.257 e. The summed E-state index contributed by atoms with van der Waals surface area (Å²) < 4.78 is 7.91. The van der Waals surface area contributed by atoms with Crippen molar-refractivity contribution in [3.8, 4) is 11.6 Å². The number of rotatable bonds is 9. The minimum absolute atomic E-state index is 0.101. The fourth-order valence-corrected chi connectivity index (χ4v) is 6.19. The van der Waals surface area contributed by atoms with Crippen LogP contribution in [0, 0.1) is 6.92 Å². The summed E-state index contributed by atoms with van der Waals surface area (Å²) in [6.45, 7) is 8.41. The average Bonchev–Trinajstić information content (AvgIpc) is 3.49. The van der Waals surface area contributed by atoms with Crippen molar-refractivity contribution in [3.05, 3.63) is 88.4 Å². The summed E-state index contributed by atoms with van der Waals surface area (Å²) in [5.41, 5.74) is 6.83. The van der Waals surface area contributed by atoms with Gasteiger partial charge >= 0.3 is 0 Å². The van der Waals surface area contributed by atoms with Crippen LogP contribution in [0.3, 0.4) is 0 Å². The lowest BCUT2D eigenvalue weighted by molar-refractivity contribution is 0.0916. The van der Waals surface area contributed by atoms with E-state index in [1.807, 2.05) is 55.1 Å². The Balaban J connectivity index is 1.21. The summed E-state index contributed by atoms with van der Waals surface area (Å²) in [7, 11) is 2.10. The van der Waals surface area contributed by atoms with Gasteiger partial charge in [-0.05, 0) is 101 Å². The van der Waals surface area contributed by atoms with E-state index < -0.39 is 0 Å². The van der Waals surface area contributed by atoms with Gasteiger partial charge in [-0.2, -0.15) is 4.98 Å². The number of nitrogens with zero attached hydrogens (tertiary/aromatic N) is 4. The van der Waals surface area contributed by atoms with Crippen LogP contribution in [0.5, 0.6) is 5.75 Å². The molecule has 0 unspecified atom stereocenters. The first-order chi connectivity index (χ1) is 21.8. The Morgan fingerprint density at radius 3 is 2.64 bits per heavy atom. The molecule has 0 radical (unpaired) electrons. The number of anilines is 3. The molecule has 2 aliphatic rings. The Morgan fingerprint density at radius 2 is 1.87 bits per heavy atom. The third kappa shape index (κ3) is 6.42. The van der Waals surface area contributed by atoms with E-state index in [-0.39, 0.29) is 17.9 Å². The van der Waals surface area contributed by atoms with Crippen LogP contribution in [0.4, 0.5) is 17.3 Å². The minimum atomic E-state index is -0.120. The molecule has 0 atom stereocenters. The predicted molar refractivity (Wildman–Crippen MR) is 176 cm³/mol. The normalized spacial score (nSPS) is 14.8. The molecular formula is C35H41N7O3. The molecule has 4 heterocycles. The highest BCUT2D eigenvalue weighted by molar-refractivity contribution is 6.06. The van der Waals surface area contributed by atoms with Crippen LogP contribution in [0.15, 0.2) is 54.9 Å². The van der Waals surface area contributed by atoms with E-state index in [9.17, 15) is 9.59 Å². The van der Waals surface area contributed by atoms with Crippen LogP contribution in [0.25, 0.3) is 5.82 Å². The van der Waals surface area contributed by atoms with E-state index in [0.717, 1.165) is 72.7 Å². The van der Waals surface area contributed by atoms with E-state index in [1.54, 1.807) is 12.1 Å². The molecule has 2 aromatic heterocycles. The number of nitrogens with one attached hydrogen (secondary N) is 3. The number of piperidine rings is 1. The molecule has 6 rings (SSSR count). The van der Waals surface area contributed by atoms with E-state index in [4.69, 9.17) is 9.72 Å². The fourth-order valence-electron chi connectivity index (χ4n) is 6.19. The van der Waals surface area contributed by atoms with Crippen LogP contribution >= 0.6 is 0 Å². The number of fused-ring (bicyclic) bond motifs is 3. The predicted octanol–water partition coefficient (Wildman–Crippen LogP) is 5.46. The Hall–Kier alpha value is -4.70. The molecule has 2 aromatic carbocycles. The van der Waals surface area contributed by atoms with Crippen LogP contribution in [-0.2, 0) is 19.3 Å². The topological polar surface area (TPSA) is 113 Å². The van der Waals surface area contributed by atoms with Gasteiger partial charge in [-0.3, -0.25) is 9.59 Å². The maximum atomic E-state index is 13.5. The molecule has 0 bridgehead atoms. The first-order valence-corrected chi connectivity index (χ1v) is 15.8. The Bertz CT molecular complexity index is 1720. The molecule has 0 spiro atoms. The zero-order valence-electron chi connectivity index (χ0n) is 26.4. The third-order valence-electron chi connectivity index (χ3n) is 8.76. The molecule has 10 nitrogen and oxygen atoms in total. The second-order valence-electron chi connectivity index (χ2n) is 11.8. The van der Waals surface area contributed by atoms with E-state index in [2.05, 4.69) is 45.9 Å². The van der Waals surface area contributed by atoms with Crippen molar-refractivity contribution in [1.82, 2.24) is 24.8 Å². The molecule has 10 heteroatoms. The number of ether oxygens (including phenoxy) is 1. The summed E-state index contributed by atoms with van der Waals surface area (Å²) in [5, 5.41) is 9.63. The SMILES string of the molecule is CCOc1cc(C(=O)NC2CCN(C)CC2)ccc1Nc1ncc2c(n1)-n1ccc(C(=O)Nc3c(C)cccc3CC)c1CC2. The van der Waals surface area contributed by atoms with Gasteiger partial charge in [-0.25, -0.2) is 4.98 Å². The number of hydrogen-bond acceptors (Lipinski definition) is 7. The van der Waals surface area contributed by atoms with E-state index in [1.165, 1.54) is 0 Å². The van der Waals surface area contributed by atoms with Crippen molar-refractivity contribution < 1.29 is 14.3 Å². The van der Waals surface area contributed by atoms with Crippen LogP contribution in [0.2, 0.25) is 0 Å². The van der Waals surface area contributed by atoms with Crippen molar-refractivity contribution in [2.24, 2.45) is 0 Å². The number of likely N-dealkylation sites (tertiary alicyclic amines) is 1. The summed E-state index contributed by atoms with van der Waals surface area (Å²) >= 11 is 0. The number of amides is 2. The lowest BCUT2D eigenvalue weighted by Gasteiger charge is -2.29. The molecule has 4 aromatic rings. The largest absolute Gasteiger partial charge is 0.492 e. The average molecular weight is 608 g/mol. The molecule has 2 aliphatic heterocycles. The van der Waals surface area contributed by atoms with Gasteiger partial charge in [-0.15, -0.1) is 0 Å². The maximum Gasteiger partial charge on any atom is 0.257 e. The maximum absolute atomic E-state index is 13.5. The summed E-state index contributed by atoms with van der Waals surface area (Å²) in [4.78, 5) is 38.2. The lowest BCUT2D eigenvalue weighted by atomic mass is 10.0. The molecule has 234 valence electrons. The number of carbonyl (C=O) groups excluding carboxylic acids is 2. The summed E-state index contributed by atoms with van der Waals surface area (Å²) in [6.07, 6.45) is 7.90. The van der Waals surface area contributed by atoms with Gasteiger partial charge in [0.2, 0.25) is 5.95 Å². The van der Waals surface area contributed by atoms with Crippen molar-refractivity contribution >= 4 is 29.1 Å².